The normalized spacial score (nSPS) is 12.4. The zero-order valence-electron chi connectivity index (χ0n) is 9.34. The Kier molecular flexibility index (Phi) is 3.61. The molecule has 1 atom stereocenters. The molecule has 2 N–H and O–H groups in total. The van der Waals surface area contributed by atoms with Crippen LogP contribution in [0.25, 0.3) is 0 Å². The van der Waals surface area contributed by atoms with Crippen LogP contribution in [-0.2, 0) is 0 Å². The van der Waals surface area contributed by atoms with Crippen LogP contribution in [0.2, 0.25) is 0 Å². The van der Waals surface area contributed by atoms with E-state index < -0.39 is 6.10 Å². The van der Waals surface area contributed by atoms with Crippen LogP contribution >= 0.6 is 11.3 Å². The second kappa shape index (κ2) is 5.16. The molecule has 0 aliphatic carbocycles. The van der Waals surface area contributed by atoms with Crippen molar-refractivity contribution in [3.63, 3.8) is 0 Å². The number of thiophene rings is 1. The SMILES string of the molecule is Cc1ccc([C@@H](O)CNC(=O)c2ccsc2)o1. The van der Waals surface area contributed by atoms with E-state index in [2.05, 4.69) is 5.32 Å². The van der Waals surface area contributed by atoms with Crippen LogP contribution in [0.5, 0.6) is 0 Å². The van der Waals surface area contributed by atoms with Crippen molar-refractivity contribution in [1.29, 1.82) is 0 Å². The second-order valence-electron chi connectivity index (χ2n) is 3.69. The third-order valence-corrected chi connectivity index (χ3v) is 3.01. The van der Waals surface area contributed by atoms with Crippen molar-refractivity contribution in [3.05, 3.63) is 46.0 Å². The Labute approximate surface area is 103 Å². The van der Waals surface area contributed by atoms with Crippen molar-refractivity contribution in [2.75, 3.05) is 6.54 Å². The molecule has 5 heteroatoms. The number of amides is 1. The van der Waals surface area contributed by atoms with Gasteiger partial charge in [-0.25, -0.2) is 0 Å². The minimum Gasteiger partial charge on any atom is -0.464 e. The Hall–Kier alpha value is -1.59. The summed E-state index contributed by atoms with van der Waals surface area (Å²) in [4.78, 5) is 11.6. The number of carbonyl (C=O) groups is 1. The molecule has 0 fully saturated rings. The van der Waals surface area contributed by atoms with Crippen LogP contribution in [0.3, 0.4) is 0 Å². The smallest absolute Gasteiger partial charge is 0.252 e. The maximum Gasteiger partial charge on any atom is 0.252 e. The van der Waals surface area contributed by atoms with E-state index >= 15 is 0 Å². The van der Waals surface area contributed by atoms with Gasteiger partial charge in [0, 0.05) is 10.9 Å². The fourth-order valence-corrected chi connectivity index (χ4v) is 2.05. The van der Waals surface area contributed by atoms with E-state index in [1.165, 1.54) is 11.3 Å². The predicted octanol–water partition coefficient (Wildman–Crippen LogP) is 2.11. The van der Waals surface area contributed by atoms with E-state index in [0.717, 1.165) is 5.76 Å². The lowest BCUT2D eigenvalue weighted by molar-refractivity contribution is 0.0901. The maximum absolute atomic E-state index is 11.6. The van der Waals surface area contributed by atoms with E-state index in [0.29, 0.717) is 11.3 Å². The van der Waals surface area contributed by atoms with Gasteiger partial charge >= 0.3 is 0 Å². The van der Waals surface area contributed by atoms with Gasteiger partial charge in [0.25, 0.3) is 5.91 Å². The number of aryl methyl sites for hydroxylation is 1. The van der Waals surface area contributed by atoms with Gasteiger partial charge in [0.05, 0.1) is 6.54 Å². The Morgan fingerprint density at radius 2 is 2.35 bits per heavy atom. The predicted molar refractivity (Wildman–Crippen MR) is 65.1 cm³/mol. The zero-order chi connectivity index (χ0) is 12.3. The number of aliphatic hydroxyl groups excluding tert-OH is 1. The lowest BCUT2D eigenvalue weighted by Crippen LogP contribution is -2.27. The fraction of sp³-hybridized carbons (Fsp3) is 0.250. The highest BCUT2D eigenvalue weighted by atomic mass is 32.1. The van der Waals surface area contributed by atoms with E-state index in [1.54, 1.807) is 30.5 Å². The molecule has 0 aliphatic heterocycles. The van der Waals surface area contributed by atoms with Gasteiger partial charge in [-0.05, 0) is 30.5 Å². The summed E-state index contributed by atoms with van der Waals surface area (Å²) in [7, 11) is 0. The number of rotatable bonds is 4. The van der Waals surface area contributed by atoms with Crippen molar-refractivity contribution >= 4 is 17.2 Å². The van der Waals surface area contributed by atoms with Gasteiger partial charge in [-0.15, -0.1) is 0 Å². The van der Waals surface area contributed by atoms with Gasteiger partial charge < -0.3 is 14.8 Å². The number of nitrogens with one attached hydrogen (secondary N) is 1. The van der Waals surface area contributed by atoms with Gasteiger partial charge in [-0.2, -0.15) is 11.3 Å². The Morgan fingerprint density at radius 1 is 1.53 bits per heavy atom. The second-order valence-corrected chi connectivity index (χ2v) is 4.47. The molecule has 0 bridgehead atoms. The first-order chi connectivity index (χ1) is 8.16. The van der Waals surface area contributed by atoms with Crippen molar-refractivity contribution in [1.82, 2.24) is 5.32 Å². The molecule has 0 saturated heterocycles. The molecule has 0 aromatic carbocycles. The average molecular weight is 251 g/mol. The van der Waals surface area contributed by atoms with Crippen LogP contribution in [-0.4, -0.2) is 17.6 Å². The third-order valence-electron chi connectivity index (χ3n) is 2.33. The molecular weight excluding hydrogens is 238 g/mol. The average Bonchev–Trinajstić information content (AvgIpc) is 2.95. The highest BCUT2D eigenvalue weighted by Crippen LogP contribution is 2.15. The summed E-state index contributed by atoms with van der Waals surface area (Å²) < 4.78 is 5.27. The van der Waals surface area contributed by atoms with Crippen LogP contribution in [0.4, 0.5) is 0 Å². The van der Waals surface area contributed by atoms with Gasteiger partial charge in [0.15, 0.2) is 0 Å². The number of furan rings is 1. The van der Waals surface area contributed by atoms with Gasteiger partial charge in [0.1, 0.15) is 17.6 Å². The van der Waals surface area contributed by atoms with Crippen LogP contribution in [0.15, 0.2) is 33.4 Å². The minimum absolute atomic E-state index is 0.141. The van der Waals surface area contributed by atoms with Crippen molar-refractivity contribution in [2.24, 2.45) is 0 Å². The van der Waals surface area contributed by atoms with Crippen molar-refractivity contribution in [3.8, 4) is 0 Å². The molecule has 0 spiro atoms. The molecule has 17 heavy (non-hydrogen) atoms. The summed E-state index contributed by atoms with van der Waals surface area (Å²) in [5.41, 5.74) is 0.609. The minimum atomic E-state index is -0.814. The van der Waals surface area contributed by atoms with Gasteiger partial charge in [-0.3, -0.25) is 4.79 Å². The summed E-state index contributed by atoms with van der Waals surface area (Å²) in [6, 6.07) is 5.22. The largest absolute Gasteiger partial charge is 0.464 e. The molecule has 0 unspecified atom stereocenters. The number of hydrogen-bond acceptors (Lipinski definition) is 4. The molecule has 90 valence electrons. The quantitative estimate of drug-likeness (QED) is 0.874. The lowest BCUT2D eigenvalue weighted by Gasteiger charge is -2.08. The fourth-order valence-electron chi connectivity index (χ4n) is 1.42. The molecule has 0 saturated carbocycles. The first-order valence-corrected chi connectivity index (χ1v) is 6.16. The van der Waals surface area contributed by atoms with E-state index in [4.69, 9.17) is 4.42 Å². The molecule has 4 nitrogen and oxygen atoms in total. The Balaban J connectivity index is 1.88. The topological polar surface area (TPSA) is 62.5 Å². The molecular formula is C12H13NO3S. The zero-order valence-corrected chi connectivity index (χ0v) is 10.2. The summed E-state index contributed by atoms with van der Waals surface area (Å²) in [6.45, 7) is 1.95. The monoisotopic (exact) mass is 251 g/mol. The van der Waals surface area contributed by atoms with E-state index in [-0.39, 0.29) is 12.5 Å². The Morgan fingerprint density at radius 3 is 2.94 bits per heavy atom. The third kappa shape index (κ3) is 2.95. The summed E-state index contributed by atoms with van der Waals surface area (Å²) in [5, 5.41) is 16.0. The molecule has 0 aliphatic rings. The van der Waals surface area contributed by atoms with Gasteiger partial charge in [-0.1, -0.05) is 0 Å². The van der Waals surface area contributed by atoms with Crippen LogP contribution in [0.1, 0.15) is 28.0 Å². The van der Waals surface area contributed by atoms with Crippen LogP contribution < -0.4 is 5.32 Å². The molecule has 2 aromatic heterocycles. The Bertz CT molecular complexity index is 490. The highest BCUT2D eigenvalue weighted by molar-refractivity contribution is 7.08. The maximum atomic E-state index is 11.6. The first kappa shape index (κ1) is 11.9. The summed E-state index contributed by atoms with van der Waals surface area (Å²) in [5.74, 6) is 1.02. The van der Waals surface area contributed by atoms with Gasteiger partial charge in [0.2, 0.25) is 0 Å². The number of carbonyl (C=O) groups excluding carboxylic acids is 1. The molecule has 2 aromatic rings. The standard InChI is InChI=1S/C12H13NO3S/c1-8-2-3-11(16-8)10(14)6-13-12(15)9-4-5-17-7-9/h2-5,7,10,14H,6H2,1H3,(H,13,15)/t10-/m0/s1. The van der Waals surface area contributed by atoms with Crippen LogP contribution in [0, 0.1) is 6.92 Å². The molecule has 1 amide bonds. The molecule has 2 rings (SSSR count). The summed E-state index contributed by atoms with van der Waals surface area (Å²) >= 11 is 1.46. The molecule has 0 radical (unpaired) electrons. The lowest BCUT2D eigenvalue weighted by atomic mass is 10.2. The number of aliphatic hydroxyl groups is 1. The van der Waals surface area contributed by atoms with E-state index in [1.807, 2.05) is 5.38 Å². The number of hydrogen-bond donors (Lipinski definition) is 2. The van der Waals surface area contributed by atoms with E-state index in [9.17, 15) is 9.90 Å². The molecule has 2 heterocycles. The van der Waals surface area contributed by atoms with Crippen molar-refractivity contribution in [2.45, 2.75) is 13.0 Å². The summed E-state index contributed by atoms with van der Waals surface area (Å²) in [6.07, 6.45) is -0.814. The first-order valence-electron chi connectivity index (χ1n) is 5.21. The van der Waals surface area contributed by atoms with Crippen molar-refractivity contribution < 1.29 is 14.3 Å². The highest BCUT2D eigenvalue weighted by Gasteiger charge is 2.13.